The SMILES string of the molecule is CC(=O)[O-].[NH3+]CCNc1nc(-c2ccc(Cl)cc2Cl)cc2nccn12. The highest BCUT2D eigenvalue weighted by molar-refractivity contribution is 6.36. The normalized spacial score (nSPS) is 10.2. The molecule has 0 aliphatic heterocycles. The predicted molar refractivity (Wildman–Crippen MR) is 95.4 cm³/mol. The maximum Gasteiger partial charge on any atom is 0.209 e. The standard InChI is InChI=1S/C14H13Cl2N5.C2H4O2/c15-9-1-2-10(11(16)7-9)12-8-13-18-5-6-21(13)14(20-12)19-4-3-17;1-2(3)4/h1-2,5-8H,3-4,17H2,(H,19,20);1H3,(H,3,4). The van der Waals surface area contributed by atoms with Crippen LogP contribution in [-0.2, 0) is 4.79 Å². The first-order chi connectivity index (χ1) is 11.9. The number of carbonyl (C=O) groups excluding carboxylic acids is 1. The lowest BCUT2D eigenvalue weighted by Gasteiger charge is -2.10. The smallest absolute Gasteiger partial charge is 0.209 e. The number of nitrogens with zero attached hydrogens (tertiary/aromatic N) is 3. The summed E-state index contributed by atoms with van der Waals surface area (Å²) in [5.74, 6) is -0.366. The molecule has 2 aromatic heterocycles. The van der Waals surface area contributed by atoms with Gasteiger partial charge in [0.25, 0.3) is 0 Å². The number of aliphatic carboxylic acids is 1. The molecule has 25 heavy (non-hydrogen) atoms. The highest BCUT2D eigenvalue weighted by atomic mass is 35.5. The van der Waals surface area contributed by atoms with Gasteiger partial charge in [0, 0.05) is 35.0 Å². The Hall–Kier alpha value is -2.35. The molecule has 3 aromatic rings. The van der Waals surface area contributed by atoms with Gasteiger partial charge < -0.3 is 21.0 Å². The minimum atomic E-state index is -1.08. The van der Waals surface area contributed by atoms with Gasteiger partial charge in [0.2, 0.25) is 5.95 Å². The number of hydrogen-bond donors (Lipinski definition) is 2. The number of carbonyl (C=O) groups is 1. The minimum Gasteiger partial charge on any atom is -0.550 e. The van der Waals surface area contributed by atoms with Crippen LogP contribution in [0.2, 0.25) is 10.0 Å². The van der Waals surface area contributed by atoms with E-state index in [2.05, 4.69) is 21.0 Å². The van der Waals surface area contributed by atoms with Crippen LogP contribution in [-0.4, -0.2) is 33.4 Å². The van der Waals surface area contributed by atoms with E-state index in [1.165, 1.54) is 0 Å². The van der Waals surface area contributed by atoms with Crippen LogP contribution in [0.4, 0.5) is 5.95 Å². The molecule has 0 radical (unpaired) electrons. The largest absolute Gasteiger partial charge is 0.550 e. The number of hydrogen-bond acceptors (Lipinski definition) is 5. The molecule has 7 nitrogen and oxygen atoms in total. The molecule has 0 spiro atoms. The van der Waals surface area contributed by atoms with E-state index in [0.717, 1.165) is 42.9 Å². The fourth-order valence-corrected chi connectivity index (χ4v) is 2.59. The van der Waals surface area contributed by atoms with Gasteiger partial charge in [0.15, 0.2) is 0 Å². The Bertz CT molecular complexity index is 878. The zero-order valence-corrected chi connectivity index (χ0v) is 15.0. The van der Waals surface area contributed by atoms with Crippen LogP contribution in [0.5, 0.6) is 0 Å². The second-order valence-corrected chi connectivity index (χ2v) is 5.86. The van der Waals surface area contributed by atoms with E-state index in [-0.39, 0.29) is 0 Å². The number of benzene rings is 1. The van der Waals surface area contributed by atoms with Crippen molar-refractivity contribution < 1.29 is 15.6 Å². The zero-order valence-electron chi connectivity index (χ0n) is 13.5. The average Bonchev–Trinajstić information content (AvgIpc) is 3.00. The summed E-state index contributed by atoms with van der Waals surface area (Å²) in [6, 6.07) is 7.25. The summed E-state index contributed by atoms with van der Waals surface area (Å²) in [4.78, 5) is 17.8. The lowest BCUT2D eigenvalue weighted by molar-refractivity contribution is -0.362. The van der Waals surface area contributed by atoms with Crippen molar-refractivity contribution in [2.75, 3.05) is 18.4 Å². The van der Waals surface area contributed by atoms with Gasteiger partial charge in [-0.1, -0.05) is 23.2 Å². The second-order valence-electron chi connectivity index (χ2n) is 5.02. The number of anilines is 1. The molecule has 0 aliphatic carbocycles. The lowest BCUT2D eigenvalue weighted by atomic mass is 10.1. The third-order valence-electron chi connectivity index (χ3n) is 3.06. The average molecular weight is 382 g/mol. The van der Waals surface area contributed by atoms with Crippen molar-refractivity contribution >= 4 is 40.8 Å². The number of halogens is 2. The Morgan fingerprint density at radius 2 is 2.08 bits per heavy atom. The van der Waals surface area contributed by atoms with E-state index >= 15 is 0 Å². The Labute approximate surface area is 154 Å². The van der Waals surface area contributed by atoms with Crippen molar-refractivity contribution in [2.45, 2.75) is 6.92 Å². The Morgan fingerprint density at radius 1 is 1.36 bits per heavy atom. The third kappa shape index (κ3) is 5.06. The number of carboxylic acids is 1. The number of carboxylic acid groups (broad SMARTS) is 1. The molecule has 1 aromatic carbocycles. The summed E-state index contributed by atoms with van der Waals surface area (Å²) < 4.78 is 1.89. The molecule has 132 valence electrons. The maximum absolute atomic E-state index is 8.89. The van der Waals surface area contributed by atoms with Gasteiger partial charge in [-0.05, 0) is 25.1 Å². The number of rotatable bonds is 4. The molecular weight excluding hydrogens is 365 g/mol. The highest BCUT2D eigenvalue weighted by Crippen LogP contribution is 2.30. The quantitative estimate of drug-likeness (QED) is 0.703. The molecule has 0 amide bonds. The second kappa shape index (κ2) is 8.66. The van der Waals surface area contributed by atoms with E-state index in [1.807, 2.05) is 22.7 Å². The molecule has 0 saturated heterocycles. The summed E-state index contributed by atoms with van der Waals surface area (Å²) in [5, 5.41) is 13.3. The first-order valence-corrected chi connectivity index (χ1v) is 8.18. The van der Waals surface area contributed by atoms with Gasteiger partial charge in [-0.15, -0.1) is 0 Å². The molecule has 3 rings (SSSR count). The van der Waals surface area contributed by atoms with Crippen molar-refractivity contribution in [3.05, 3.63) is 46.7 Å². The van der Waals surface area contributed by atoms with E-state index in [0.29, 0.717) is 10.0 Å². The fraction of sp³-hybridized carbons (Fsp3) is 0.188. The van der Waals surface area contributed by atoms with Crippen molar-refractivity contribution in [1.29, 1.82) is 0 Å². The van der Waals surface area contributed by atoms with Crippen LogP contribution < -0.4 is 16.2 Å². The first kappa shape index (κ1) is 19.0. The number of quaternary nitrogens is 1. The molecule has 0 saturated carbocycles. The van der Waals surface area contributed by atoms with E-state index < -0.39 is 5.97 Å². The van der Waals surface area contributed by atoms with Gasteiger partial charge >= 0.3 is 0 Å². The number of imidazole rings is 1. The molecule has 4 N–H and O–H groups in total. The van der Waals surface area contributed by atoms with Crippen molar-refractivity contribution in [2.24, 2.45) is 0 Å². The Balaban J connectivity index is 0.000000511. The lowest BCUT2D eigenvalue weighted by Crippen LogP contribution is -2.53. The van der Waals surface area contributed by atoms with Crippen LogP contribution in [0.25, 0.3) is 16.9 Å². The van der Waals surface area contributed by atoms with Gasteiger partial charge in [0.1, 0.15) is 5.65 Å². The molecule has 9 heteroatoms. The van der Waals surface area contributed by atoms with Gasteiger partial charge in [-0.25, -0.2) is 9.97 Å². The Morgan fingerprint density at radius 3 is 2.72 bits per heavy atom. The van der Waals surface area contributed by atoms with Crippen LogP contribution in [0.3, 0.4) is 0 Å². The Kier molecular flexibility index (Phi) is 6.58. The number of fused-ring (bicyclic) bond motifs is 1. The van der Waals surface area contributed by atoms with Crippen molar-refractivity contribution in [3.63, 3.8) is 0 Å². The summed E-state index contributed by atoms with van der Waals surface area (Å²) in [6.07, 6.45) is 3.60. The molecule has 0 aliphatic rings. The molecule has 2 heterocycles. The van der Waals surface area contributed by atoms with Crippen LogP contribution in [0.1, 0.15) is 6.92 Å². The van der Waals surface area contributed by atoms with Gasteiger partial charge in [-0.3, -0.25) is 4.40 Å². The fourth-order valence-electron chi connectivity index (χ4n) is 2.08. The zero-order chi connectivity index (χ0) is 18.4. The summed E-state index contributed by atoms with van der Waals surface area (Å²) in [6.45, 7) is 2.47. The van der Waals surface area contributed by atoms with Crippen molar-refractivity contribution in [3.8, 4) is 11.3 Å². The topological polar surface area (TPSA) is 110 Å². The minimum absolute atomic E-state index is 0.564. The highest BCUT2D eigenvalue weighted by Gasteiger charge is 2.11. The summed E-state index contributed by atoms with van der Waals surface area (Å²) >= 11 is 12.2. The van der Waals surface area contributed by atoms with E-state index in [9.17, 15) is 0 Å². The van der Waals surface area contributed by atoms with Gasteiger partial charge in [-0.2, -0.15) is 0 Å². The maximum atomic E-state index is 8.89. The van der Waals surface area contributed by atoms with E-state index in [1.54, 1.807) is 18.3 Å². The number of aromatic nitrogens is 3. The predicted octanol–water partition coefficient (Wildman–Crippen LogP) is 1.11. The molecular formula is C16H17Cl2N5O2. The molecule has 0 bridgehead atoms. The van der Waals surface area contributed by atoms with Crippen LogP contribution >= 0.6 is 23.2 Å². The molecule has 0 fully saturated rings. The van der Waals surface area contributed by atoms with Crippen LogP contribution in [0.15, 0.2) is 36.7 Å². The van der Waals surface area contributed by atoms with Crippen molar-refractivity contribution in [1.82, 2.24) is 14.4 Å². The first-order valence-electron chi connectivity index (χ1n) is 7.42. The van der Waals surface area contributed by atoms with Gasteiger partial charge in [0.05, 0.1) is 23.8 Å². The van der Waals surface area contributed by atoms with Crippen LogP contribution in [0, 0.1) is 0 Å². The third-order valence-corrected chi connectivity index (χ3v) is 3.60. The molecule has 0 unspecified atom stereocenters. The van der Waals surface area contributed by atoms with E-state index in [4.69, 9.17) is 33.1 Å². The summed E-state index contributed by atoms with van der Waals surface area (Å²) in [7, 11) is 0. The summed E-state index contributed by atoms with van der Waals surface area (Å²) in [5.41, 5.74) is 6.20. The molecule has 0 atom stereocenters. The monoisotopic (exact) mass is 381 g/mol. The number of nitrogens with one attached hydrogen (secondary N) is 1.